The van der Waals surface area contributed by atoms with Crippen LogP contribution in [0.15, 0.2) is 12.1 Å². The van der Waals surface area contributed by atoms with Gasteiger partial charge in [-0.1, -0.05) is 11.6 Å². The average molecular weight is 394 g/mol. The van der Waals surface area contributed by atoms with E-state index in [0.717, 1.165) is 11.3 Å². The first-order chi connectivity index (χ1) is 11.2. The van der Waals surface area contributed by atoms with Crippen molar-refractivity contribution >= 4 is 50.4 Å². The molecule has 2 heterocycles. The number of ketones is 1. The molecule has 0 aromatic carbocycles. The number of amides is 1. The summed E-state index contributed by atoms with van der Waals surface area (Å²) in [4.78, 5) is 35.4. The molecule has 1 aromatic rings. The molecular formula is C14H16ClNO6S2. The molecule has 0 saturated carbocycles. The van der Waals surface area contributed by atoms with Crippen molar-refractivity contribution < 1.29 is 27.5 Å². The van der Waals surface area contributed by atoms with Crippen LogP contribution >= 0.6 is 22.9 Å². The number of nitrogens with one attached hydrogen (secondary N) is 1. The summed E-state index contributed by atoms with van der Waals surface area (Å²) in [6.45, 7) is -0.492. The van der Waals surface area contributed by atoms with E-state index in [1.165, 1.54) is 0 Å². The van der Waals surface area contributed by atoms with E-state index in [2.05, 4.69) is 5.32 Å². The molecule has 1 atom stereocenters. The summed E-state index contributed by atoms with van der Waals surface area (Å²) in [7, 11) is -3.08. The maximum atomic E-state index is 11.8. The zero-order chi connectivity index (χ0) is 17.7. The average Bonchev–Trinajstić information content (AvgIpc) is 3.08. The minimum Gasteiger partial charge on any atom is -0.456 e. The first kappa shape index (κ1) is 18.9. The van der Waals surface area contributed by atoms with Gasteiger partial charge >= 0.3 is 5.97 Å². The van der Waals surface area contributed by atoms with E-state index in [0.29, 0.717) is 15.6 Å². The summed E-state index contributed by atoms with van der Waals surface area (Å²) in [5.74, 6) is -1.48. The molecule has 0 radical (unpaired) electrons. The van der Waals surface area contributed by atoms with Crippen LogP contribution in [0, 0.1) is 0 Å². The minimum absolute atomic E-state index is 0.0296. The number of esters is 1. The van der Waals surface area contributed by atoms with Gasteiger partial charge in [-0.2, -0.15) is 0 Å². The Morgan fingerprint density at radius 1 is 1.29 bits per heavy atom. The number of hydrogen-bond donors (Lipinski definition) is 1. The van der Waals surface area contributed by atoms with Crippen molar-refractivity contribution in [3.8, 4) is 0 Å². The maximum absolute atomic E-state index is 11.8. The van der Waals surface area contributed by atoms with Gasteiger partial charge in [0.2, 0.25) is 0 Å². The molecule has 1 aliphatic heterocycles. The van der Waals surface area contributed by atoms with Crippen molar-refractivity contribution in [3.63, 3.8) is 0 Å². The number of ether oxygens (including phenoxy) is 1. The second-order valence-electron chi connectivity index (χ2n) is 5.36. The number of carbonyl (C=O) groups excluding carboxylic acids is 3. The molecule has 0 spiro atoms. The fourth-order valence-electron chi connectivity index (χ4n) is 2.20. The number of rotatable bonds is 7. The molecule has 1 aliphatic rings. The Kier molecular flexibility index (Phi) is 6.36. The van der Waals surface area contributed by atoms with E-state index in [1.807, 2.05) is 0 Å². The highest BCUT2D eigenvalue weighted by Gasteiger charge is 2.29. The van der Waals surface area contributed by atoms with E-state index in [-0.39, 0.29) is 30.1 Å². The number of halogens is 1. The lowest BCUT2D eigenvalue weighted by Crippen LogP contribution is -2.38. The summed E-state index contributed by atoms with van der Waals surface area (Å²) < 4.78 is 27.8. The van der Waals surface area contributed by atoms with Gasteiger partial charge < -0.3 is 10.1 Å². The van der Waals surface area contributed by atoms with Gasteiger partial charge in [-0.25, -0.2) is 8.42 Å². The summed E-state index contributed by atoms with van der Waals surface area (Å²) >= 11 is 6.87. The number of sulfone groups is 1. The topological polar surface area (TPSA) is 107 Å². The SMILES string of the molecule is O=C(COC(=O)CCC(=O)c1ccc(Cl)s1)N[C@H]1CCS(=O)(=O)C1. The van der Waals surface area contributed by atoms with E-state index < -0.39 is 34.4 Å². The number of thiophene rings is 1. The van der Waals surface area contributed by atoms with E-state index in [4.69, 9.17) is 16.3 Å². The quantitative estimate of drug-likeness (QED) is 0.551. The molecule has 1 saturated heterocycles. The standard InChI is InChI=1S/C14H16ClNO6S2/c15-12-3-2-11(23-12)10(17)1-4-14(19)22-7-13(18)16-9-5-6-24(20,21)8-9/h2-3,9H,1,4-8H2,(H,16,18)/t9-/m0/s1. The van der Waals surface area contributed by atoms with Gasteiger partial charge in [-0.3, -0.25) is 14.4 Å². The van der Waals surface area contributed by atoms with Gasteiger partial charge in [0.1, 0.15) is 0 Å². The Morgan fingerprint density at radius 2 is 2.04 bits per heavy atom. The molecule has 1 aromatic heterocycles. The molecule has 0 aliphatic carbocycles. The summed E-state index contributed by atoms with van der Waals surface area (Å²) in [6.07, 6.45) is 0.192. The van der Waals surface area contributed by atoms with Gasteiger partial charge in [-0.05, 0) is 18.6 Å². The molecule has 7 nitrogen and oxygen atoms in total. The molecule has 0 bridgehead atoms. The van der Waals surface area contributed by atoms with Crippen molar-refractivity contribution in [1.29, 1.82) is 0 Å². The van der Waals surface area contributed by atoms with Crippen LogP contribution < -0.4 is 5.32 Å². The van der Waals surface area contributed by atoms with Crippen molar-refractivity contribution in [1.82, 2.24) is 5.32 Å². The second-order valence-corrected chi connectivity index (χ2v) is 9.30. The smallest absolute Gasteiger partial charge is 0.306 e. The fourth-order valence-corrected chi connectivity index (χ4v) is 4.88. The van der Waals surface area contributed by atoms with Crippen LogP contribution in [0.1, 0.15) is 28.9 Å². The molecule has 24 heavy (non-hydrogen) atoms. The fraction of sp³-hybridized carbons (Fsp3) is 0.500. The van der Waals surface area contributed by atoms with E-state index >= 15 is 0 Å². The third kappa shape index (κ3) is 5.88. The third-order valence-corrected chi connectivity index (χ3v) is 6.41. The molecule has 1 amide bonds. The van der Waals surface area contributed by atoms with E-state index in [1.54, 1.807) is 12.1 Å². The summed E-state index contributed by atoms with van der Waals surface area (Å²) in [6, 6.07) is 2.75. The Morgan fingerprint density at radius 3 is 2.62 bits per heavy atom. The predicted molar refractivity (Wildman–Crippen MR) is 89.1 cm³/mol. The van der Waals surface area contributed by atoms with Crippen LogP contribution in [-0.4, -0.2) is 50.2 Å². The lowest BCUT2D eigenvalue weighted by Gasteiger charge is -2.10. The Hall–Kier alpha value is -1.45. The Labute approximate surface area is 148 Å². The van der Waals surface area contributed by atoms with Crippen LogP contribution in [0.4, 0.5) is 0 Å². The van der Waals surface area contributed by atoms with Gasteiger partial charge in [0.05, 0.1) is 27.1 Å². The molecule has 1 fully saturated rings. The third-order valence-electron chi connectivity index (χ3n) is 3.37. The highest BCUT2D eigenvalue weighted by molar-refractivity contribution is 7.91. The second kappa shape index (κ2) is 8.09. The maximum Gasteiger partial charge on any atom is 0.306 e. The van der Waals surface area contributed by atoms with Crippen LogP contribution in [0.5, 0.6) is 0 Å². The first-order valence-corrected chi connectivity index (χ1v) is 10.2. The zero-order valence-corrected chi connectivity index (χ0v) is 15.0. The Balaban J connectivity index is 1.66. The molecular weight excluding hydrogens is 378 g/mol. The largest absolute Gasteiger partial charge is 0.456 e. The normalized spacial score (nSPS) is 19.0. The number of carbonyl (C=O) groups is 3. The lowest BCUT2D eigenvalue weighted by atomic mass is 10.2. The molecule has 1 N–H and O–H groups in total. The van der Waals surface area contributed by atoms with Gasteiger partial charge in [0, 0.05) is 12.5 Å². The first-order valence-electron chi connectivity index (χ1n) is 7.19. The van der Waals surface area contributed by atoms with Gasteiger partial charge in [0.25, 0.3) is 5.91 Å². The monoisotopic (exact) mass is 393 g/mol. The Bertz CT molecular complexity index is 742. The molecule has 132 valence electrons. The highest BCUT2D eigenvalue weighted by Crippen LogP contribution is 2.22. The number of hydrogen-bond acceptors (Lipinski definition) is 7. The molecule has 0 unspecified atom stereocenters. The van der Waals surface area contributed by atoms with Crippen molar-refractivity contribution in [3.05, 3.63) is 21.3 Å². The van der Waals surface area contributed by atoms with E-state index in [9.17, 15) is 22.8 Å². The van der Waals surface area contributed by atoms with Crippen molar-refractivity contribution in [2.24, 2.45) is 0 Å². The van der Waals surface area contributed by atoms with Crippen LogP contribution in [-0.2, 0) is 24.2 Å². The summed E-state index contributed by atoms with van der Waals surface area (Å²) in [5.41, 5.74) is 0. The minimum atomic E-state index is -3.08. The van der Waals surface area contributed by atoms with Crippen LogP contribution in [0.25, 0.3) is 0 Å². The highest BCUT2D eigenvalue weighted by atomic mass is 35.5. The predicted octanol–water partition coefficient (Wildman–Crippen LogP) is 1.21. The molecule has 10 heteroatoms. The van der Waals surface area contributed by atoms with Crippen LogP contribution in [0.3, 0.4) is 0 Å². The van der Waals surface area contributed by atoms with Crippen molar-refractivity contribution in [2.75, 3.05) is 18.1 Å². The van der Waals surface area contributed by atoms with Gasteiger partial charge in [-0.15, -0.1) is 11.3 Å². The number of Topliss-reactive ketones (excluding diaryl/α,β-unsaturated/α-hetero) is 1. The van der Waals surface area contributed by atoms with Gasteiger partial charge in [0.15, 0.2) is 22.2 Å². The lowest BCUT2D eigenvalue weighted by molar-refractivity contribution is -0.148. The van der Waals surface area contributed by atoms with Crippen molar-refractivity contribution in [2.45, 2.75) is 25.3 Å². The summed E-state index contributed by atoms with van der Waals surface area (Å²) in [5, 5.41) is 2.51. The zero-order valence-electron chi connectivity index (χ0n) is 12.6. The molecule has 2 rings (SSSR count). The van der Waals surface area contributed by atoms with Crippen LogP contribution in [0.2, 0.25) is 4.34 Å².